The SMILES string of the molecule is CC(C)(C)Nc1ccc(C2CCNCC2)c(F)c1. The number of hydrogen-bond donors (Lipinski definition) is 2. The van der Waals surface area contributed by atoms with E-state index in [-0.39, 0.29) is 11.4 Å². The zero-order chi connectivity index (χ0) is 13.2. The summed E-state index contributed by atoms with van der Waals surface area (Å²) in [5.41, 5.74) is 1.69. The maximum absolute atomic E-state index is 14.1. The molecule has 1 aromatic rings. The maximum atomic E-state index is 14.1. The lowest BCUT2D eigenvalue weighted by atomic mass is 9.89. The van der Waals surface area contributed by atoms with Crippen LogP contribution in [0.1, 0.15) is 45.1 Å². The normalized spacial score (nSPS) is 17.8. The summed E-state index contributed by atoms with van der Waals surface area (Å²) in [4.78, 5) is 0. The van der Waals surface area contributed by atoms with Crippen molar-refractivity contribution in [3.05, 3.63) is 29.6 Å². The Morgan fingerprint density at radius 1 is 1.22 bits per heavy atom. The van der Waals surface area contributed by atoms with Crippen LogP contribution in [0.2, 0.25) is 0 Å². The Labute approximate surface area is 109 Å². The van der Waals surface area contributed by atoms with E-state index in [0.717, 1.165) is 37.2 Å². The van der Waals surface area contributed by atoms with Gasteiger partial charge in [0.25, 0.3) is 0 Å². The van der Waals surface area contributed by atoms with Crippen molar-refractivity contribution < 1.29 is 4.39 Å². The summed E-state index contributed by atoms with van der Waals surface area (Å²) < 4.78 is 14.1. The van der Waals surface area contributed by atoms with E-state index in [2.05, 4.69) is 31.4 Å². The topological polar surface area (TPSA) is 24.1 Å². The fourth-order valence-corrected chi connectivity index (χ4v) is 2.50. The Hall–Kier alpha value is -1.09. The quantitative estimate of drug-likeness (QED) is 0.839. The van der Waals surface area contributed by atoms with Gasteiger partial charge in [-0.2, -0.15) is 0 Å². The Bertz CT molecular complexity index is 403. The Balaban J connectivity index is 2.14. The third kappa shape index (κ3) is 3.45. The molecule has 2 rings (SSSR count). The van der Waals surface area contributed by atoms with Crippen LogP contribution in [0.25, 0.3) is 0 Å². The van der Waals surface area contributed by atoms with Gasteiger partial charge < -0.3 is 10.6 Å². The molecule has 2 nitrogen and oxygen atoms in total. The number of piperidine rings is 1. The molecule has 0 amide bonds. The minimum atomic E-state index is -0.0730. The Kier molecular flexibility index (Phi) is 3.91. The summed E-state index contributed by atoms with van der Waals surface area (Å²) in [6.07, 6.45) is 2.06. The van der Waals surface area contributed by atoms with Crippen LogP contribution in [0, 0.1) is 5.82 Å². The molecule has 0 aliphatic carbocycles. The lowest BCUT2D eigenvalue weighted by Crippen LogP contribution is -2.27. The maximum Gasteiger partial charge on any atom is 0.128 e. The summed E-state index contributed by atoms with van der Waals surface area (Å²) in [5, 5.41) is 6.61. The second-order valence-electron chi connectivity index (χ2n) is 6.14. The Morgan fingerprint density at radius 3 is 2.44 bits per heavy atom. The zero-order valence-corrected chi connectivity index (χ0v) is 11.5. The van der Waals surface area contributed by atoms with E-state index in [9.17, 15) is 4.39 Å². The second-order valence-corrected chi connectivity index (χ2v) is 6.14. The van der Waals surface area contributed by atoms with E-state index in [1.165, 1.54) is 0 Å². The van der Waals surface area contributed by atoms with E-state index >= 15 is 0 Å². The number of nitrogens with one attached hydrogen (secondary N) is 2. The van der Waals surface area contributed by atoms with Gasteiger partial charge in [-0.3, -0.25) is 0 Å². The van der Waals surface area contributed by atoms with Crippen molar-refractivity contribution in [2.75, 3.05) is 18.4 Å². The first-order chi connectivity index (χ1) is 8.46. The third-order valence-electron chi connectivity index (χ3n) is 3.30. The second kappa shape index (κ2) is 5.27. The molecule has 1 aliphatic rings. The van der Waals surface area contributed by atoms with Crippen molar-refractivity contribution >= 4 is 5.69 Å². The molecule has 2 N–H and O–H groups in total. The first kappa shape index (κ1) is 13.3. The molecule has 0 saturated carbocycles. The fourth-order valence-electron chi connectivity index (χ4n) is 2.50. The monoisotopic (exact) mass is 250 g/mol. The summed E-state index contributed by atoms with van der Waals surface area (Å²) in [6, 6.07) is 5.56. The predicted octanol–water partition coefficient (Wildman–Crippen LogP) is 3.50. The van der Waals surface area contributed by atoms with Crippen LogP contribution in [0.15, 0.2) is 18.2 Å². The van der Waals surface area contributed by atoms with Crippen molar-refractivity contribution in [2.45, 2.75) is 45.1 Å². The Morgan fingerprint density at radius 2 is 1.89 bits per heavy atom. The van der Waals surface area contributed by atoms with E-state index in [0.29, 0.717) is 5.92 Å². The zero-order valence-electron chi connectivity index (χ0n) is 11.5. The van der Waals surface area contributed by atoms with Crippen LogP contribution in [0.4, 0.5) is 10.1 Å². The van der Waals surface area contributed by atoms with E-state index in [1.54, 1.807) is 6.07 Å². The molecule has 3 heteroatoms. The molecule has 0 spiro atoms. The van der Waals surface area contributed by atoms with E-state index < -0.39 is 0 Å². The van der Waals surface area contributed by atoms with Crippen molar-refractivity contribution in [3.63, 3.8) is 0 Å². The van der Waals surface area contributed by atoms with Gasteiger partial charge in [0.2, 0.25) is 0 Å². The molecule has 1 heterocycles. The molecule has 1 fully saturated rings. The first-order valence-electron chi connectivity index (χ1n) is 6.74. The average Bonchev–Trinajstić information content (AvgIpc) is 2.28. The smallest absolute Gasteiger partial charge is 0.128 e. The van der Waals surface area contributed by atoms with Crippen LogP contribution in [0.3, 0.4) is 0 Å². The molecule has 0 atom stereocenters. The minimum Gasteiger partial charge on any atom is -0.380 e. The van der Waals surface area contributed by atoms with Gasteiger partial charge in [0.1, 0.15) is 5.82 Å². The van der Waals surface area contributed by atoms with Gasteiger partial charge >= 0.3 is 0 Å². The first-order valence-corrected chi connectivity index (χ1v) is 6.74. The summed E-state index contributed by atoms with van der Waals surface area (Å²) in [6.45, 7) is 8.21. The molecule has 100 valence electrons. The van der Waals surface area contributed by atoms with Crippen molar-refractivity contribution in [1.82, 2.24) is 5.32 Å². The molecule has 0 aromatic heterocycles. The van der Waals surface area contributed by atoms with E-state index in [1.807, 2.05) is 12.1 Å². The van der Waals surface area contributed by atoms with Crippen LogP contribution < -0.4 is 10.6 Å². The summed E-state index contributed by atoms with van der Waals surface area (Å²) in [5.74, 6) is 0.297. The number of anilines is 1. The van der Waals surface area contributed by atoms with Crippen molar-refractivity contribution in [2.24, 2.45) is 0 Å². The highest BCUT2D eigenvalue weighted by Gasteiger charge is 2.19. The summed E-state index contributed by atoms with van der Waals surface area (Å²) in [7, 11) is 0. The minimum absolute atomic E-state index is 0.0390. The lowest BCUT2D eigenvalue weighted by molar-refractivity contribution is 0.445. The van der Waals surface area contributed by atoms with Gasteiger partial charge in [0.05, 0.1) is 0 Å². The van der Waals surface area contributed by atoms with E-state index in [4.69, 9.17) is 0 Å². The van der Waals surface area contributed by atoms with Gasteiger partial charge in [0.15, 0.2) is 0 Å². The average molecular weight is 250 g/mol. The molecule has 0 radical (unpaired) electrons. The highest BCUT2D eigenvalue weighted by molar-refractivity contribution is 5.47. The molecule has 1 saturated heterocycles. The van der Waals surface area contributed by atoms with Gasteiger partial charge in [-0.25, -0.2) is 4.39 Å². The van der Waals surface area contributed by atoms with Gasteiger partial charge in [0, 0.05) is 11.2 Å². The highest BCUT2D eigenvalue weighted by Crippen LogP contribution is 2.29. The fraction of sp³-hybridized carbons (Fsp3) is 0.600. The standard InChI is InChI=1S/C15H23FN2/c1-15(2,3)18-12-4-5-13(14(16)10-12)11-6-8-17-9-7-11/h4-5,10-11,17-18H,6-9H2,1-3H3. The number of benzene rings is 1. The lowest BCUT2D eigenvalue weighted by Gasteiger charge is -2.25. The largest absolute Gasteiger partial charge is 0.380 e. The molecule has 1 aliphatic heterocycles. The van der Waals surface area contributed by atoms with Crippen LogP contribution in [-0.4, -0.2) is 18.6 Å². The van der Waals surface area contributed by atoms with Crippen LogP contribution in [0.5, 0.6) is 0 Å². The number of hydrogen-bond acceptors (Lipinski definition) is 2. The van der Waals surface area contributed by atoms with Crippen LogP contribution in [-0.2, 0) is 0 Å². The van der Waals surface area contributed by atoms with Gasteiger partial charge in [-0.05, 0) is 70.3 Å². The van der Waals surface area contributed by atoms with Crippen molar-refractivity contribution in [1.29, 1.82) is 0 Å². The number of halogens is 1. The molecular formula is C15H23FN2. The molecule has 0 bridgehead atoms. The van der Waals surface area contributed by atoms with Crippen molar-refractivity contribution in [3.8, 4) is 0 Å². The highest BCUT2D eigenvalue weighted by atomic mass is 19.1. The molecular weight excluding hydrogens is 227 g/mol. The van der Waals surface area contributed by atoms with Gasteiger partial charge in [-0.15, -0.1) is 0 Å². The summed E-state index contributed by atoms with van der Waals surface area (Å²) >= 11 is 0. The molecule has 0 unspecified atom stereocenters. The predicted molar refractivity (Wildman–Crippen MR) is 74.6 cm³/mol. The number of rotatable bonds is 2. The molecule has 1 aromatic carbocycles. The molecule has 18 heavy (non-hydrogen) atoms. The third-order valence-corrected chi connectivity index (χ3v) is 3.30. The van der Waals surface area contributed by atoms with Crippen LogP contribution >= 0.6 is 0 Å². The van der Waals surface area contributed by atoms with Gasteiger partial charge in [-0.1, -0.05) is 6.07 Å².